The molecule has 3 aromatic carbocycles. The lowest BCUT2D eigenvalue weighted by Gasteiger charge is -2.35. The molecule has 0 radical (unpaired) electrons. The van der Waals surface area contributed by atoms with Crippen molar-refractivity contribution in [2.75, 3.05) is 11.9 Å². The molecule has 58 heavy (non-hydrogen) atoms. The molecule has 314 valence electrons. The number of unbranched alkanes of at least 4 members (excludes halogenated alkanes) is 15. The zero-order valence-corrected chi connectivity index (χ0v) is 35.9. The van der Waals surface area contributed by atoms with E-state index in [0.29, 0.717) is 22.8 Å². The molecule has 2 heterocycles. The monoisotopic (exact) mass is 814 g/mol. The molecular weight excluding hydrogens is 753 g/mol. The Morgan fingerprint density at radius 1 is 0.776 bits per heavy atom. The van der Waals surface area contributed by atoms with E-state index in [-0.39, 0.29) is 28.7 Å². The molecule has 5 rings (SSSR count). The molecule has 0 aromatic heterocycles. The molecule has 3 aromatic rings. The maximum atomic E-state index is 14.6. The van der Waals surface area contributed by atoms with E-state index >= 15 is 0 Å². The average Bonchev–Trinajstić information content (AvgIpc) is 3.38. The van der Waals surface area contributed by atoms with Gasteiger partial charge in [-0.1, -0.05) is 145 Å². The number of rotatable bonds is 23. The SMILES string of the molecule is CCCCCCCCCCCCCCCCCCN1C(C(C(=O)Nc2ccccc2Oc2ccc(C)cc2C)N2C(=O)OC(C)(C)C2=O)=Nc2ccccc2S1(=O)=O. The summed E-state index contributed by atoms with van der Waals surface area (Å²) in [6.45, 7) is 9.01. The number of aryl methyl sites for hydroxylation is 2. The van der Waals surface area contributed by atoms with E-state index in [1.54, 1.807) is 36.4 Å². The molecule has 1 saturated heterocycles. The summed E-state index contributed by atoms with van der Waals surface area (Å²) in [6, 6.07) is 17.0. The van der Waals surface area contributed by atoms with Crippen molar-refractivity contribution in [1.82, 2.24) is 9.21 Å². The van der Waals surface area contributed by atoms with Crippen molar-refractivity contribution in [3.63, 3.8) is 0 Å². The lowest BCUT2D eigenvalue weighted by Crippen LogP contribution is -2.59. The van der Waals surface area contributed by atoms with Crippen molar-refractivity contribution in [3.8, 4) is 11.5 Å². The molecule has 0 bridgehead atoms. The standard InChI is InChI=1S/C46H62N4O7S/c1-6-7-8-9-10-11-12-13-14-15-16-17-18-19-20-25-32-49-42(47-37-27-22-24-29-40(37)58(49,54)55)41(50-44(52)46(4,5)57-45(50)53)43(51)48-36-26-21-23-28-39(36)56-38-31-30-34(2)33-35(38)3/h21-24,26-31,33,41H,6-20,25,32H2,1-5H3,(H,48,51). The first-order valence-electron chi connectivity index (χ1n) is 21.3. The number of sulfonamides is 1. The van der Waals surface area contributed by atoms with Crippen LogP contribution in [0.15, 0.2) is 76.6 Å². The smallest absolute Gasteiger partial charge is 0.418 e. The number of carbonyl (C=O) groups excluding carboxylic acids is 3. The number of nitrogens with zero attached hydrogens (tertiary/aromatic N) is 3. The molecule has 2 aliphatic heterocycles. The molecule has 0 saturated carbocycles. The van der Waals surface area contributed by atoms with Gasteiger partial charge >= 0.3 is 6.09 Å². The number of hydrogen-bond acceptors (Lipinski definition) is 8. The molecule has 1 fully saturated rings. The van der Waals surface area contributed by atoms with Crippen LogP contribution >= 0.6 is 0 Å². The third-order valence-corrected chi connectivity index (χ3v) is 12.7. The summed E-state index contributed by atoms with van der Waals surface area (Å²) in [6.07, 6.45) is 17.7. The molecule has 12 heteroatoms. The second-order valence-electron chi connectivity index (χ2n) is 16.1. The fourth-order valence-corrected chi connectivity index (χ4v) is 9.20. The van der Waals surface area contributed by atoms with Crippen LogP contribution < -0.4 is 10.1 Å². The van der Waals surface area contributed by atoms with Gasteiger partial charge in [0, 0.05) is 6.54 Å². The van der Waals surface area contributed by atoms with Crippen molar-refractivity contribution in [3.05, 3.63) is 77.9 Å². The Morgan fingerprint density at radius 2 is 1.34 bits per heavy atom. The molecular formula is C46H62N4O7S. The first kappa shape index (κ1) is 44.4. The lowest BCUT2D eigenvalue weighted by molar-refractivity contribution is -0.137. The zero-order chi connectivity index (χ0) is 41.7. The van der Waals surface area contributed by atoms with Gasteiger partial charge in [0.25, 0.3) is 21.8 Å². The normalized spacial score (nSPS) is 16.1. The van der Waals surface area contributed by atoms with Crippen molar-refractivity contribution in [1.29, 1.82) is 0 Å². The number of fused-ring (bicyclic) bond motifs is 1. The number of anilines is 1. The highest BCUT2D eigenvalue weighted by molar-refractivity contribution is 7.90. The fraction of sp³-hybridized carbons (Fsp3) is 0.522. The first-order chi connectivity index (χ1) is 27.8. The summed E-state index contributed by atoms with van der Waals surface area (Å²) in [5, 5.41) is 2.83. The third-order valence-electron chi connectivity index (χ3n) is 10.9. The van der Waals surface area contributed by atoms with Crippen LogP contribution in [0.1, 0.15) is 135 Å². The Balaban J connectivity index is 1.30. The molecule has 11 nitrogen and oxygen atoms in total. The Labute approximate surface area is 345 Å². The maximum Gasteiger partial charge on any atom is 0.418 e. The van der Waals surface area contributed by atoms with Gasteiger partial charge in [-0.25, -0.2) is 23.1 Å². The maximum absolute atomic E-state index is 14.6. The second-order valence-corrected chi connectivity index (χ2v) is 18.0. The predicted octanol–water partition coefficient (Wildman–Crippen LogP) is 11.2. The molecule has 0 aliphatic carbocycles. The first-order valence-corrected chi connectivity index (χ1v) is 22.7. The van der Waals surface area contributed by atoms with Gasteiger partial charge < -0.3 is 14.8 Å². The van der Waals surface area contributed by atoms with Gasteiger partial charge in [0.15, 0.2) is 23.2 Å². The number of benzene rings is 3. The lowest BCUT2D eigenvalue weighted by atomic mass is 10.0. The summed E-state index contributed by atoms with van der Waals surface area (Å²) in [4.78, 5) is 47.4. The number of ether oxygens (including phenoxy) is 2. The van der Waals surface area contributed by atoms with Gasteiger partial charge in [-0.3, -0.25) is 13.9 Å². The van der Waals surface area contributed by atoms with E-state index in [4.69, 9.17) is 14.5 Å². The Hall–Kier alpha value is -4.71. The number of hydrogen-bond donors (Lipinski definition) is 1. The van der Waals surface area contributed by atoms with Gasteiger partial charge in [0.05, 0.1) is 11.4 Å². The van der Waals surface area contributed by atoms with Crippen molar-refractivity contribution in [2.45, 2.75) is 154 Å². The van der Waals surface area contributed by atoms with Crippen molar-refractivity contribution in [2.24, 2.45) is 4.99 Å². The van der Waals surface area contributed by atoms with Crippen LogP contribution in [0.25, 0.3) is 0 Å². The molecule has 3 amide bonds. The fourth-order valence-electron chi connectivity index (χ4n) is 7.57. The second kappa shape index (κ2) is 20.8. The average molecular weight is 815 g/mol. The summed E-state index contributed by atoms with van der Waals surface area (Å²) >= 11 is 0. The minimum Gasteiger partial charge on any atom is -0.455 e. The zero-order valence-electron chi connectivity index (χ0n) is 35.1. The minimum atomic E-state index is -4.25. The number of aliphatic imine (C=N–C) groups is 1. The minimum absolute atomic E-state index is 0.00456. The summed E-state index contributed by atoms with van der Waals surface area (Å²) in [7, 11) is -4.25. The topological polar surface area (TPSA) is 135 Å². The van der Waals surface area contributed by atoms with E-state index < -0.39 is 39.6 Å². The van der Waals surface area contributed by atoms with Gasteiger partial charge in [0.1, 0.15) is 10.6 Å². The molecule has 1 atom stereocenters. The summed E-state index contributed by atoms with van der Waals surface area (Å²) in [5.41, 5.74) is 0.715. The van der Waals surface area contributed by atoms with Gasteiger partial charge in [-0.2, -0.15) is 0 Å². The highest BCUT2D eigenvalue weighted by atomic mass is 32.2. The third kappa shape index (κ3) is 11.3. The van der Waals surface area contributed by atoms with Crippen LogP contribution in [-0.4, -0.2) is 59.6 Å². The number of imide groups is 1. The number of amides is 3. The summed E-state index contributed by atoms with van der Waals surface area (Å²) in [5.74, 6) is -1.02. The summed E-state index contributed by atoms with van der Waals surface area (Å²) < 4.78 is 41.5. The predicted molar refractivity (Wildman–Crippen MR) is 229 cm³/mol. The number of nitrogens with one attached hydrogen (secondary N) is 1. The highest BCUT2D eigenvalue weighted by Crippen LogP contribution is 2.37. The number of para-hydroxylation sites is 3. The quantitative estimate of drug-likeness (QED) is 0.0942. The van der Waals surface area contributed by atoms with E-state index in [9.17, 15) is 22.8 Å². The van der Waals surface area contributed by atoms with Crippen LogP contribution in [0.5, 0.6) is 11.5 Å². The van der Waals surface area contributed by atoms with Crippen LogP contribution in [-0.2, 0) is 24.3 Å². The molecule has 2 aliphatic rings. The van der Waals surface area contributed by atoms with Crippen LogP contribution in [0, 0.1) is 13.8 Å². The van der Waals surface area contributed by atoms with Gasteiger partial charge in [0.2, 0.25) is 0 Å². The Morgan fingerprint density at radius 3 is 1.93 bits per heavy atom. The van der Waals surface area contributed by atoms with E-state index in [1.807, 2.05) is 32.0 Å². The van der Waals surface area contributed by atoms with E-state index in [1.165, 1.54) is 96.6 Å². The molecule has 1 unspecified atom stereocenters. The number of cyclic esters (lactones) is 1. The molecule has 1 N–H and O–H groups in total. The Kier molecular flexibility index (Phi) is 15.9. The van der Waals surface area contributed by atoms with Crippen LogP contribution in [0.3, 0.4) is 0 Å². The van der Waals surface area contributed by atoms with Crippen molar-refractivity contribution < 1.29 is 32.3 Å². The molecule has 0 spiro atoms. The Bertz CT molecular complexity index is 2030. The number of amidine groups is 1. The highest BCUT2D eigenvalue weighted by Gasteiger charge is 2.55. The van der Waals surface area contributed by atoms with Crippen molar-refractivity contribution >= 4 is 45.1 Å². The van der Waals surface area contributed by atoms with Gasteiger partial charge in [-0.05, 0) is 70.0 Å². The van der Waals surface area contributed by atoms with E-state index in [0.717, 1.165) is 41.1 Å². The largest absolute Gasteiger partial charge is 0.455 e. The van der Waals surface area contributed by atoms with Crippen LogP contribution in [0.2, 0.25) is 0 Å². The van der Waals surface area contributed by atoms with Crippen LogP contribution in [0.4, 0.5) is 16.2 Å². The number of carbonyl (C=O) groups is 3. The van der Waals surface area contributed by atoms with E-state index in [2.05, 4.69) is 12.2 Å². The van der Waals surface area contributed by atoms with Gasteiger partial charge in [-0.15, -0.1) is 0 Å².